The Labute approximate surface area is 168 Å². The maximum atomic E-state index is 12.6. The summed E-state index contributed by atoms with van der Waals surface area (Å²) in [6.45, 7) is 1.46. The third-order valence-electron chi connectivity index (χ3n) is 4.72. The number of sulfonamides is 1. The van der Waals surface area contributed by atoms with Gasteiger partial charge in [0, 0.05) is 30.2 Å². The first kappa shape index (κ1) is 19.2. The second-order valence-electron chi connectivity index (χ2n) is 6.59. The molecule has 1 amide bonds. The number of benzene rings is 2. The minimum absolute atomic E-state index is 0.187. The van der Waals surface area contributed by atoms with Gasteiger partial charge >= 0.3 is 0 Å². The summed E-state index contributed by atoms with van der Waals surface area (Å²) in [5.74, 6) is 0.354. The van der Waals surface area contributed by atoms with Crippen molar-refractivity contribution in [3.05, 3.63) is 53.1 Å². The monoisotopic (exact) mass is 422 g/mol. The van der Waals surface area contributed by atoms with Gasteiger partial charge in [-0.25, -0.2) is 8.42 Å². The lowest BCUT2D eigenvalue weighted by molar-refractivity contribution is -0.122. The van der Waals surface area contributed by atoms with Gasteiger partial charge in [-0.05, 0) is 48.0 Å². The third-order valence-corrected chi connectivity index (χ3v) is 6.87. The van der Waals surface area contributed by atoms with Crippen molar-refractivity contribution in [3.63, 3.8) is 0 Å². The van der Waals surface area contributed by atoms with E-state index < -0.39 is 16.1 Å². The molecule has 1 fully saturated rings. The van der Waals surface area contributed by atoms with Crippen molar-refractivity contribution < 1.29 is 22.7 Å². The molecule has 0 spiro atoms. The molecular weight excluding hydrogens is 404 g/mol. The molecular formula is C19H19ClN2O5S. The van der Waals surface area contributed by atoms with Crippen molar-refractivity contribution >= 4 is 33.2 Å². The van der Waals surface area contributed by atoms with E-state index in [-0.39, 0.29) is 10.8 Å². The summed E-state index contributed by atoms with van der Waals surface area (Å²) < 4.78 is 37.5. The number of rotatable bonds is 4. The zero-order valence-electron chi connectivity index (χ0n) is 14.9. The smallest absolute Gasteiger partial charge is 0.265 e. The predicted octanol–water partition coefficient (Wildman–Crippen LogP) is 2.30. The Bertz CT molecular complexity index is 988. The zero-order chi connectivity index (χ0) is 19.7. The fourth-order valence-corrected chi connectivity index (χ4v) is 4.84. The molecule has 28 heavy (non-hydrogen) atoms. The SMILES string of the molecule is O=C(Nc1ccc(S(=O)(=O)N2CCOCC2)cc1)C1Cc2cc(Cl)ccc2O1. The lowest BCUT2D eigenvalue weighted by atomic mass is 10.1. The van der Waals surface area contributed by atoms with Crippen molar-refractivity contribution in [2.24, 2.45) is 0 Å². The molecule has 1 saturated heterocycles. The van der Waals surface area contributed by atoms with Crippen LogP contribution in [-0.4, -0.2) is 51.0 Å². The van der Waals surface area contributed by atoms with Crippen LogP contribution in [0.3, 0.4) is 0 Å². The van der Waals surface area contributed by atoms with Gasteiger partial charge in [0.15, 0.2) is 6.10 Å². The average Bonchev–Trinajstić information content (AvgIpc) is 3.12. The molecule has 0 radical (unpaired) electrons. The summed E-state index contributed by atoms with van der Waals surface area (Å²) in [5.41, 5.74) is 1.39. The van der Waals surface area contributed by atoms with Crippen LogP contribution < -0.4 is 10.1 Å². The topological polar surface area (TPSA) is 84.9 Å². The fourth-order valence-electron chi connectivity index (χ4n) is 3.23. The first-order valence-corrected chi connectivity index (χ1v) is 10.7. The van der Waals surface area contributed by atoms with Gasteiger partial charge < -0.3 is 14.8 Å². The molecule has 2 aliphatic heterocycles. The maximum absolute atomic E-state index is 12.6. The van der Waals surface area contributed by atoms with E-state index in [9.17, 15) is 13.2 Å². The number of fused-ring (bicyclic) bond motifs is 1. The van der Waals surface area contributed by atoms with Crippen LogP contribution in [-0.2, 0) is 26.0 Å². The molecule has 148 valence electrons. The fraction of sp³-hybridized carbons (Fsp3) is 0.316. The number of halogens is 1. The van der Waals surface area contributed by atoms with Crippen LogP contribution in [0.5, 0.6) is 5.75 Å². The number of amides is 1. The quantitative estimate of drug-likeness (QED) is 0.817. The van der Waals surface area contributed by atoms with E-state index in [4.69, 9.17) is 21.1 Å². The van der Waals surface area contributed by atoms with Crippen molar-refractivity contribution in [1.82, 2.24) is 4.31 Å². The maximum Gasteiger partial charge on any atom is 0.265 e. The molecule has 2 heterocycles. The first-order chi connectivity index (χ1) is 13.4. The normalized spacial score (nSPS) is 19.7. The molecule has 1 unspecified atom stereocenters. The third kappa shape index (κ3) is 3.86. The number of carbonyl (C=O) groups is 1. The highest BCUT2D eigenvalue weighted by molar-refractivity contribution is 7.89. The molecule has 0 aliphatic carbocycles. The van der Waals surface area contributed by atoms with Gasteiger partial charge in [-0.3, -0.25) is 4.79 Å². The van der Waals surface area contributed by atoms with Gasteiger partial charge in [-0.15, -0.1) is 0 Å². The number of hydrogen-bond acceptors (Lipinski definition) is 5. The van der Waals surface area contributed by atoms with E-state index in [1.165, 1.54) is 16.4 Å². The molecule has 1 N–H and O–H groups in total. The Morgan fingerprint density at radius 3 is 2.54 bits per heavy atom. The predicted molar refractivity (Wildman–Crippen MR) is 104 cm³/mol. The second-order valence-corrected chi connectivity index (χ2v) is 8.97. The summed E-state index contributed by atoms with van der Waals surface area (Å²) in [6, 6.07) is 11.4. The minimum atomic E-state index is -3.56. The zero-order valence-corrected chi connectivity index (χ0v) is 16.5. The van der Waals surface area contributed by atoms with Gasteiger partial charge in [-0.2, -0.15) is 4.31 Å². The molecule has 1 atom stereocenters. The molecule has 9 heteroatoms. The van der Waals surface area contributed by atoms with Crippen molar-refractivity contribution in [2.45, 2.75) is 17.4 Å². The number of anilines is 1. The van der Waals surface area contributed by atoms with Crippen molar-refractivity contribution in [2.75, 3.05) is 31.6 Å². The number of carbonyl (C=O) groups excluding carboxylic acids is 1. The van der Waals surface area contributed by atoms with Crippen LogP contribution >= 0.6 is 11.6 Å². The van der Waals surface area contributed by atoms with E-state index in [1.54, 1.807) is 30.3 Å². The van der Waals surface area contributed by atoms with Gasteiger partial charge in [0.05, 0.1) is 18.1 Å². The van der Waals surface area contributed by atoms with Gasteiger partial charge in [0.25, 0.3) is 5.91 Å². The lowest BCUT2D eigenvalue weighted by Crippen LogP contribution is -2.40. The molecule has 0 bridgehead atoms. The minimum Gasteiger partial charge on any atom is -0.480 e. The number of hydrogen-bond donors (Lipinski definition) is 1. The molecule has 2 aliphatic rings. The lowest BCUT2D eigenvalue weighted by Gasteiger charge is -2.26. The first-order valence-electron chi connectivity index (χ1n) is 8.87. The van der Waals surface area contributed by atoms with Crippen LogP contribution in [0, 0.1) is 0 Å². The number of nitrogens with zero attached hydrogens (tertiary/aromatic N) is 1. The standard InChI is InChI=1S/C19H19ClN2O5S/c20-14-1-6-17-13(11-14)12-18(27-17)19(23)21-15-2-4-16(5-3-15)28(24,25)22-7-9-26-10-8-22/h1-6,11,18H,7-10,12H2,(H,21,23). The largest absolute Gasteiger partial charge is 0.480 e. The van der Waals surface area contributed by atoms with Gasteiger partial charge in [-0.1, -0.05) is 11.6 Å². The number of nitrogens with one attached hydrogen (secondary N) is 1. The Morgan fingerprint density at radius 2 is 1.82 bits per heavy atom. The number of morpholine rings is 1. The van der Waals surface area contributed by atoms with Crippen LogP contribution in [0.15, 0.2) is 47.4 Å². The summed E-state index contributed by atoms with van der Waals surface area (Å²) in [6.07, 6.45) is -0.212. The molecule has 0 saturated carbocycles. The Hall–Kier alpha value is -2.13. The molecule has 2 aromatic carbocycles. The van der Waals surface area contributed by atoms with E-state index in [0.717, 1.165) is 5.56 Å². The van der Waals surface area contributed by atoms with Crippen LogP contribution in [0.1, 0.15) is 5.56 Å². The van der Waals surface area contributed by atoms with E-state index in [1.807, 2.05) is 0 Å². The number of ether oxygens (including phenoxy) is 2. The van der Waals surface area contributed by atoms with E-state index in [0.29, 0.717) is 49.2 Å². The van der Waals surface area contributed by atoms with Crippen LogP contribution in [0.2, 0.25) is 5.02 Å². The van der Waals surface area contributed by atoms with Crippen LogP contribution in [0.25, 0.3) is 0 Å². The summed E-state index contributed by atoms with van der Waals surface area (Å²) in [5, 5.41) is 3.36. The highest BCUT2D eigenvalue weighted by atomic mass is 35.5. The molecule has 0 aromatic heterocycles. The highest BCUT2D eigenvalue weighted by Gasteiger charge is 2.30. The molecule has 7 nitrogen and oxygen atoms in total. The summed E-state index contributed by atoms with van der Waals surface area (Å²) in [4.78, 5) is 12.7. The second kappa shape index (κ2) is 7.71. The van der Waals surface area contributed by atoms with E-state index in [2.05, 4.69) is 5.32 Å². The summed E-state index contributed by atoms with van der Waals surface area (Å²) >= 11 is 5.97. The summed E-state index contributed by atoms with van der Waals surface area (Å²) in [7, 11) is -3.56. The van der Waals surface area contributed by atoms with Gasteiger partial charge in [0.1, 0.15) is 5.75 Å². The Balaban J connectivity index is 1.41. The average molecular weight is 423 g/mol. The molecule has 2 aromatic rings. The Kier molecular flexibility index (Phi) is 5.29. The van der Waals surface area contributed by atoms with Crippen molar-refractivity contribution in [1.29, 1.82) is 0 Å². The van der Waals surface area contributed by atoms with Gasteiger partial charge in [0.2, 0.25) is 10.0 Å². The Morgan fingerprint density at radius 1 is 1.11 bits per heavy atom. The molecule has 4 rings (SSSR count). The van der Waals surface area contributed by atoms with Crippen LogP contribution in [0.4, 0.5) is 5.69 Å². The van der Waals surface area contributed by atoms with E-state index >= 15 is 0 Å². The highest BCUT2D eigenvalue weighted by Crippen LogP contribution is 2.31. The van der Waals surface area contributed by atoms with Crippen molar-refractivity contribution in [3.8, 4) is 5.75 Å².